The number of hydrogen-bond acceptors (Lipinski definition) is 2. The second-order valence-corrected chi connectivity index (χ2v) is 4.55. The first-order chi connectivity index (χ1) is 8.58. The average molecular weight is 254 g/mol. The number of hydrogen-bond donors (Lipinski definition) is 2. The lowest BCUT2D eigenvalue weighted by Gasteiger charge is -2.18. The molecular weight excluding hydrogens is 238 g/mol. The smallest absolute Gasteiger partial charge is 0.237 e. The predicted octanol–water partition coefficient (Wildman–Crippen LogP) is 1.89. The molecule has 0 aliphatic carbocycles. The molecule has 2 rings (SSSR count). The van der Waals surface area contributed by atoms with Crippen LogP contribution in [-0.4, -0.2) is 18.5 Å². The molecule has 0 bridgehead atoms. The largest absolute Gasteiger partial charge is 0.348 e. The Bertz CT molecular complexity index is 445. The maximum Gasteiger partial charge on any atom is 0.237 e. The summed E-state index contributed by atoms with van der Waals surface area (Å²) < 4.78 is 26.6. The summed E-state index contributed by atoms with van der Waals surface area (Å²) in [6.45, 7) is 2.46. The summed E-state index contributed by atoms with van der Waals surface area (Å²) >= 11 is 0. The number of nitrogens with one attached hydrogen (secondary N) is 2. The molecule has 1 amide bonds. The first-order valence-electron chi connectivity index (χ1n) is 6.06. The van der Waals surface area contributed by atoms with E-state index < -0.39 is 17.7 Å². The van der Waals surface area contributed by atoms with E-state index in [1.54, 1.807) is 6.92 Å². The van der Waals surface area contributed by atoms with Crippen molar-refractivity contribution in [3.63, 3.8) is 0 Å². The molecule has 1 aliphatic rings. The van der Waals surface area contributed by atoms with Gasteiger partial charge in [0.25, 0.3) is 0 Å². The van der Waals surface area contributed by atoms with E-state index in [4.69, 9.17) is 0 Å². The number of amides is 1. The van der Waals surface area contributed by atoms with Gasteiger partial charge in [-0.25, -0.2) is 8.78 Å². The fraction of sp³-hybridized carbons (Fsp3) is 0.462. The van der Waals surface area contributed by atoms with Crippen LogP contribution in [0.5, 0.6) is 0 Å². The lowest BCUT2D eigenvalue weighted by Crippen LogP contribution is -2.41. The molecule has 98 valence electrons. The number of halogens is 2. The van der Waals surface area contributed by atoms with Gasteiger partial charge in [-0.2, -0.15) is 0 Å². The van der Waals surface area contributed by atoms with Gasteiger partial charge in [0.2, 0.25) is 5.91 Å². The van der Waals surface area contributed by atoms with Crippen molar-refractivity contribution < 1.29 is 13.6 Å². The highest BCUT2D eigenvalue weighted by Crippen LogP contribution is 2.18. The summed E-state index contributed by atoms with van der Waals surface area (Å²) in [4.78, 5) is 11.8. The number of benzene rings is 1. The van der Waals surface area contributed by atoms with Crippen LogP contribution in [0.15, 0.2) is 18.2 Å². The first kappa shape index (κ1) is 13.0. The zero-order valence-electron chi connectivity index (χ0n) is 10.2. The van der Waals surface area contributed by atoms with Crippen molar-refractivity contribution in [2.75, 3.05) is 6.54 Å². The molecule has 18 heavy (non-hydrogen) atoms. The highest BCUT2D eigenvalue weighted by Gasteiger charge is 2.24. The van der Waals surface area contributed by atoms with Crippen molar-refractivity contribution in [1.29, 1.82) is 0 Å². The van der Waals surface area contributed by atoms with Crippen LogP contribution in [0.4, 0.5) is 8.78 Å². The van der Waals surface area contributed by atoms with E-state index in [0.717, 1.165) is 37.6 Å². The van der Waals surface area contributed by atoms with Crippen LogP contribution in [0.2, 0.25) is 0 Å². The number of rotatable bonds is 3. The van der Waals surface area contributed by atoms with Crippen molar-refractivity contribution in [1.82, 2.24) is 10.6 Å². The topological polar surface area (TPSA) is 41.1 Å². The highest BCUT2D eigenvalue weighted by molar-refractivity contribution is 5.82. The van der Waals surface area contributed by atoms with Crippen molar-refractivity contribution in [3.8, 4) is 0 Å². The van der Waals surface area contributed by atoms with Crippen LogP contribution in [0.3, 0.4) is 0 Å². The van der Waals surface area contributed by atoms with Crippen LogP contribution in [0, 0.1) is 11.6 Å². The third kappa shape index (κ3) is 2.85. The molecule has 1 unspecified atom stereocenters. The van der Waals surface area contributed by atoms with E-state index in [0.29, 0.717) is 0 Å². The summed E-state index contributed by atoms with van der Waals surface area (Å²) in [6.07, 6.45) is 1.74. The lowest BCUT2D eigenvalue weighted by atomic mass is 10.1. The van der Waals surface area contributed by atoms with Gasteiger partial charge >= 0.3 is 0 Å². The molecule has 0 spiro atoms. The molecule has 0 saturated carbocycles. The highest BCUT2D eigenvalue weighted by atomic mass is 19.1. The minimum Gasteiger partial charge on any atom is -0.348 e. The van der Waals surface area contributed by atoms with Gasteiger partial charge in [0.05, 0.1) is 12.1 Å². The van der Waals surface area contributed by atoms with Crippen molar-refractivity contribution >= 4 is 5.91 Å². The molecule has 1 aromatic rings. The Morgan fingerprint density at radius 3 is 2.94 bits per heavy atom. The Kier molecular flexibility index (Phi) is 3.91. The quantitative estimate of drug-likeness (QED) is 0.865. The third-order valence-electron chi connectivity index (χ3n) is 3.16. The van der Waals surface area contributed by atoms with E-state index in [9.17, 15) is 13.6 Å². The van der Waals surface area contributed by atoms with Gasteiger partial charge < -0.3 is 10.6 Å². The monoisotopic (exact) mass is 254 g/mol. The van der Waals surface area contributed by atoms with Gasteiger partial charge in [-0.05, 0) is 44.5 Å². The van der Waals surface area contributed by atoms with Gasteiger partial charge in [0.15, 0.2) is 0 Å². The Morgan fingerprint density at radius 1 is 1.50 bits per heavy atom. The minimum absolute atomic E-state index is 0.163. The molecule has 1 aromatic carbocycles. The van der Waals surface area contributed by atoms with Gasteiger partial charge in [0.1, 0.15) is 11.6 Å². The minimum atomic E-state index is -0.546. The summed E-state index contributed by atoms with van der Waals surface area (Å²) in [5, 5.41) is 5.76. The van der Waals surface area contributed by atoms with E-state index in [1.807, 2.05) is 0 Å². The Balaban J connectivity index is 2.04. The van der Waals surface area contributed by atoms with E-state index >= 15 is 0 Å². The third-order valence-corrected chi connectivity index (χ3v) is 3.16. The Hall–Kier alpha value is -1.49. The van der Waals surface area contributed by atoms with Crippen LogP contribution in [-0.2, 0) is 4.79 Å². The Morgan fingerprint density at radius 2 is 2.28 bits per heavy atom. The van der Waals surface area contributed by atoms with E-state index in [2.05, 4.69) is 10.6 Å². The SMILES string of the molecule is CC(NC(=O)[C@H]1CCCN1)c1cc(F)ccc1F. The number of carbonyl (C=O) groups is 1. The molecule has 1 fully saturated rings. The average Bonchev–Trinajstić information content (AvgIpc) is 2.85. The fourth-order valence-electron chi connectivity index (χ4n) is 2.15. The van der Waals surface area contributed by atoms with Crippen molar-refractivity contribution in [2.24, 2.45) is 0 Å². The summed E-state index contributed by atoms with van der Waals surface area (Å²) in [7, 11) is 0. The van der Waals surface area contributed by atoms with Gasteiger partial charge in [-0.3, -0.25) is 4.79 Å². The lowest BCUT2D eigenvalue weighted by molar-refractivity contribution is -0.123. The number of carbonyl (C=O) groups excluding carboxylic acids is 1. The van der Waals surface area contributed by atoms with Crippen molar-refractivity contribution in [2.45, 2.75) is 31.8 Å². The Labute approximate surface area is 105 Å². The zero-order chi connectivity index (χ0) is 13.1. The van der Waals surface area contributed by atoms with Gasteiger partial charge in [0, 0.05) is 5.56 Å². The predicted molar refractivity (Wildman–Crippen MR) is 63.9 cm³/mol. The zero-order valence-corrected chi connectivity index (χ0v) is 10.2. The molecular formula is C13H16F2N2O. The van der Waals surface area contributed by atoms with Crippen LogP contribution in [0.25, 0.3) is 0 Å². The van der Waals surface area contributed by atoms with Crippen LogP contribution in [0.1, 0.15) is 31.4 Å². The van der Waals surface area contributed by atoms with E-state index in [1.165, 1.54) is 0 Å². The molecule has 1 aliphatic heterocycles. The summed E-state index contributed by atoms with van der Waals surface area (Å²) in [6, 6.07) is 2.48. The molecule has 1 saturated heterocycles. The summed E-state index contributed by atoms with van der Waals surface area (Å²) in [5.74, 6) is -1.18. The second-order valence-electron chi connectivity index (χ2n) is 4.55. The maximum absolute atomic E-state index is 13.5. The maximum atomic E-state index is 13.5. The summed E-state index contributed by atoms with van der Waals surface area (Å²) in [5.41, 5.74) is 0.168. The molecule has 5 heteroatoms. The molecule has 0 radical (unpaired) electrons. The molecule has 0 aromatic heterocycles. The molecule has 3 nitrogen and oxygen atoms in total. The molecule has 2 N–H and O–H groups in total. The van der Waals surface area contributed by atoms with Gasteiger partial charge in [-0.1, -0.05) is 0 Å². The normalized spacial score (nSPS) is 20.7. The van der Waals surface area contributed by atoms with Crippen LogP contribution < -0.4 is 10.6 Å². The first-order valence-corrected chi connectivity index (χ1v) is 6.06. The molecule has 1 heterocycles. The second kappa shape index (κ2) is 5.44. The van der Waals surface area contributed by atoms with Crippen molar-refractivity contribution in [3.05, 3.63) is 35.4 Å². The standard InChI is InChI=1S/C13H16F2N2O/c1-8(10-7-9(14)4-5-11(10)15)17-13(18)12-3-2-6-16-12/h4-5,7-8,12,16H,2-3,6H2,1H3,(H,17,18)/t8?,12-/m1/s1. The van der Waals surface area contributed by atoms with E-state index in [-0.39, 0.29) is 17.5 Å². The van der Waals surface area contributed by atoms with Gasteiger partial charge in [-0.15, -0.1) is 0 Å². The van der Waals surface area contributed by atoms with Crippen LogP contribution >= 0.6 is 0 Å². The molecule has 2 atom stereocenters. The fourth-order valence-corrected chi connectivity index (χ4v) is 2.15.